The van der Waals surface area contributed by atoms with E-state index in [1.165, 1.54) is 37.5 Å². The number of unbranched alkanes of at least 4 members (excludes halogenated alkanes) is 3. The molecule has 0 saturated carbocycles. The van der Waals surface area contributed by atoms with Gasteiger partial charge in [-0.25, -0.2) is 9.18 Å². The minimum absolute atomic E-state index is 0.0928. The second kappa shape index (κ2) is 11.6. The summed E-state index contributed by atoms with van der Waals surface area (Å²) < 4.78 is 24.5. The Kier molecular flexibility index (Phi) is 8.25. The van der Waals surface area contributed by atoms with Gasteiger partial charge in [0.25, 0.3) is 0 Å². The smallest absolute Gasteiger partial charge is 0.343 e. The lowest BCUT2D eigenvalue weighted by Crippen LogP contribution is -2.09. The first kappa shape index (κ1) is 22.1. The Labute approximate surface area is 182 Å². The van der Waals surface area contributed by atoms with Crippen LogP contribution in [-0.2, 0) is 0 Å². The van der Waals surface area contributed by atoms with Crippen LogP contribution in [0.4, 0.5) is 4.39 Å². The molecular weight excluding hydrogens is 391 g/mol. The first-order valence-electron chi connectivity index (χ1n) is 10.5. The molecule has 0 bridgehead atoms. The molecule has 3 nitrogen and oxygen atoms in total. The third kappa shape index (κ3) is 7.01. The van der Waals surface area contributed by atoms with E-state index in [1.54, 1.807) is 30.3 Å². The lowest BCUT2D eigenvalue weighted by molar-refractivity contribution is 0.0728. The first-order valence-corrected chi connectivity index (χ1v) is 10.5. The van der Waals surface area contributed by atoms with Crippen LogP contribution in [0.3, 0.4) is 0 Å². The Morgan fingerprint density at radius 1 is 0.839 bits per heavy atom. The third-order valence-corrected chi connectivity index (χ3v) is 4.63. The van der Waals surface area contributed by atoms with E-state index in [4.69, 9.17) is 9.47 Å². The van der Waals surface area contributed by atoms with Crippen molar-refractivity contribution in [3.05, 3.63) is 95.3 Å². The van der Waals surface area contributed by atoms with Crippen molar-refractivity contribution in [2.75, 3.05) is 6.61 Å². The average molecular weight is 416 g/mol. The number of halogens is 1. The number of rotatable bonds is 8. The summed E-state index contributed by atoms with van der Waals surface area (Å²) in [6.07, 6.45) is 4.72. The SMILES string of the molecule is CCCCCCOc1ccc(C#Cc2ccc(C(=O)Oc3ccccc3F)cc2)cc1. The topological polar surface area (TPSA) is 35.5 Å². The summed E-state index contributed by atoms with van der Waals surface area (Å²) in [6.45, 7) is 2.92. The Hall–Kier alpha value is -3.58. The van der Waals surface area contributed by atoms with Gasteiger partial charge in [-0.15, -0.1) is 0 Å². The van der Waals surface area contributed by atoms with E-state index in [0.29, 0.717) is 5.56 Å². The zero-order chi connectivity index (χ0) is 21.9. The van der Waals surface area contributed by atoms with Crippen LogP contribution in [0.15, 0.2) is 72.8 Å². The molecule has 0 atom stereocenters. The van der Waals surface area contributed by atoms with Gasteiger partial charge in [-0.3, -0.25) is 0 Å². The van der Waals surface area contributed by atoms with Gasteiger partial charge < -0.3 is 9.47 Å². The molecular formula is C27H25FO3. The molecule has 0 fully saturated rings. The number of para-hydroxylation sites is 1. The highest BCUT2D eigenvalue weighted by atomic mass is 19.1. The van der Waals surface area contributed by atoms with Crippen molar-refractivity contribution in [1.82, 2.24) is 0 Å². The molecule has 158 valence electrons. The molecule has 0 saturated heterocycles. The fourth-order valence-corrected chi connectivity index (χ4v) is 2.87. The lowest BCUT2D eigenvalue weighted by atomic mass is 10.1. The molecule has 31 heavy (non-hydrogen) atoms. The number of ether oxygens (including phenoxy) is 2. The highest BCUT2D eigenvalue weighted by molar-refractivity contribution is 5.91. The van der Waals surface area contributed by atoms with Crippen LogP contribution in [-0.4, -0.2) is 12.6 Å². The van der Waals surface area contributed by atoms with Gasteiger partial charge in [0, 0.05) is 11.1 Å². The lowest BCUT2D eigenvalue weighted by Gasteiger charge is -2.05. The van der Waals surface area contributed by atoms with Gasteiger partial charge in [-0.2, -0.15) is 0 Å². The van der Waals surface area contributed by atoms with Gasteiger partial charge in [0.05, 0.1) is 12.2 Å². The second-order valence-corrected chi connectivity index (χ2v) is 7.08. The highest BCUT2D eigenvalue weighted by Gasteiger charge is 2.11. The van der Waals surface area contributed by atoms with Gasteiger partial charge in [-0.05, 0) is 67.1 Å². The molecule has 0 unspecified atom stereocenters. The normalized spacial score (nSPS) is 10.1. The van der Waals surface area contributed by atoms with Gasteiger partial charge in [0.1, 0.15) is 5.75 Å². The maximum atomic E-state index is 13.6. The van der Waals surface area contributed by atoms with Crippen LogP contribution < -0.4 is 9.47 Å². The number of benzene rings is 3. The number of hydrogen-bond donors (Lipinski definition) is 0. The van der Waals surface area contributed by atoms with Gasteiger partial charge in [-0.1, -0.05) is 50.2 Å². The largest absolute Gasteiger partial charge is 0.494 e. The Bertz CT molecular complexity index is 1040. The molecule has 0 spiro atoms. The Morgan fingerprint density at radius 2 is 1.48 bits per heavy atom. The number of carbonyl (C=O) groups excluding carboxylic acids is 1. The van der Waals surface area contributed by atoms with Crippen molar-refractivity contribution in [3.63, 3.8) is 0 Å². The van der Waals surface area contributed by atoms with Gasteiger partial charge in [0.15, 0.2) is 11.6 Å². The zero-order valence-corrected chi connectivity index (χ0v) is 17.6. The van der Waals surface area contributed by atoms with E-state index >= 15 is 0 Å². The first-order chi connectivity index (χ1) is 15.2. The quantitative estimate of drug-likeness (QED) is 0.184. The molecule has 0 radical (unpaired) electrons. The summed E-state index contributed by atoms with van der Waals surface area (Å²) in [5.74, 6) is 5.73. The van der Waals surface area contributed by atoms with E-state index in [9.17, 15) is 9.18 Å². The third-order valence-electron chi connectivity index (χ3n) is 4.63. The standard InChI is InChI=1S/C27H25FO3/c1-2-3-4-7-20-30-24-18-14-22(15-19-24)11-10-21-12-16-23(17-13-21)27(29)31-26-9-6-5-8-25(26)28/h5-6,8-9,12-19H,2-4,7,20H2,1H3. The van der Waals surface area contributed by atoms with E-state index in [0.717, 1.165) is 29.9 Å². The molecule has 3 aromatic carbocycles. The molecule has 0 heterocycles. The molecule has 0 amide bonds. The molecule has 0 aromatic heterocycles. The predicted molar refractivity (Wildman–Crippen MR) is 120 cm³/mol. The molecule has 0 aliphatic rings. The van der Waals surface area contributed by atoms with Crippen LogP contribution in [0, 0.1) is 17.7 Å². The summed E-state index contributed by atoms with van der Waals surface area (Å²) >= 11 is 0. The van der Waals surface area contributed by atoms with E-state index in [1.807, 2.05) is 24.3 Å². The fraction of sp³-hybridized carbons (Fsp3) is 0.222. The number of esters is 1. The molecule has 0 aliphatic heterocycles. The average Bonchev–Trinajstić information content (AvgIpc) is 2.80. The van der Waals surface area contributed by atoms with Crippen molar-refractivity contribution in [2.45, 2.75) is 32.6 Å². The van der Waals surface area contributed by atoms with Crippen molar-refractivity contribution in [3.8, 4) is 23.3 Å². The predicted octanol–water partition coefficient (Wildman–Crippen LogP) is 6.40. The maximum Gasteiger partial charge on any atom is 0.343 e. The van der Waals surface area contributed by atoms with E-state index in [-0.39, 0.29) is 5.75 Å². The zero-order valence-electron chi connectivity index (χ0n) is 17.6. The summed E-state index contributed by atoms with van der Waals surface area (Å²) in [7, 11) is 0. The van der Waals surface area contributed by atoms with E-state index in [2.05, 4.69) is 18.8 Å². The van der Waals surface area contributed by atoms with Crippen LogP contribution in [0.1, 0.15) is 54.1 Å². The monoisotopic (exact) mass is 416 g/mol. The maximum absolute atomic E-state index is 13.6. The van der Waals surface area contributed by atoms with E-state index < -0.39 is 11.8 Å². The van der Waals surface area contributed by atoms with Crippen LogP contribution in [0.25, 0.3) is 0 Å². The van der Waals surface area contributed by atoms with Crippen LogP contribution in [0.2, 0.25) is 0 Å². The Morgan fingerprint density at radius 3 is 2.13 bits per heavy atom. The number of carbonyl (C=O) groups is 1. The molecule has 3 rings (SSSR count). The van der Waals surface area contributed by atoms with Gasteiger partial charge in [0.2, 0.25) is 0 Å². The molecule has 4 heteroatoms. The summed E-state index contributed by atoms with van der Waals surface area (Å²) in [6, 6.07) is 20.2. The minimum Gasteiger partial charge on any atom is -0.494 e. The molecule has 0 aliphatic carbocycles. The van der Waals surface area contributed by atoms with Crippen molar-refractivity contribution in [1.29, 1.82) is 0 Å². The fourth-order valence-electron chi connectivity index (χ4n) is 2.87. The second-order valence-electron chi connectivity index (χ2n) is 7.08. The number of hydrogen-bond acceptors (Lipinski definition) is 3. The molecule has 3 aromatic rings. The summed E-state index contributed by atoms with van der Waals surface area (Å²) in [5, 5.41) is 0. The minimum atomic E-state index is -0.616. The van der Waals surface area contributed by atoms with Gasteiger partial charge >= 0.3 is 5.97 Å². The van der Waals surface area contributed by atoms with Crippen molar-refractivity contribution < 1.29 is 18.7 Å². The summed E-state index contributed by atoms with van der Waals surface area (Å²) in [4.78, 5) is 12.2. The summed E-state index contributed by atoms with van der Waals surface area (Å²) in [5.41, 5.74) is 1.97. The molecule has 0 N–H and O–H groups in total. The van der Waals surface area contributed by atoms with Crippen LogP contribution in [0.5, 0.6) is 11.5 Å². The Balaban J connectivity index is 1.54. The van der Waals surface area contributed by atoms with Crippen molar-refractivity contribution >= 4 is 5.97 Å². The highest BCUT2D eigenvalue weighted by Crippen LogP contribution is 2.17. The van der Waals surface area contributed by atoms with Crippen LogP contribution >= 0.6 is 0 Å². The van der Waals surface area contributed by atoms with Crippen molar-refractivity contribution in [2.24, 2.45) is 0 Å².